The molecule has 5 rings (SSSR count). The average Bonchev–Trinajstić information content (AvgIpc) is 2.98. The number of hydrogen-bond acceptors (Lipinski definition) is 5. The molecule has 0 amide bonds. The summed E-state index contributed by atoms with van der Waals surface area (Å²) in [5.74, 6) is 0.379. The molecule has 1 saturated heterocycles. The first-order valence-corrected chi connectivity index (χ1v) is 8.71. The van der Waals surface area contributed by atoms with E-state index in [9.17, 15) is 9.59 Å². The number of hydrogen-bond donors (Lipinski definition) is 0. The van der Waals surface area contributed by atoms with Crippen molar-refractivity contribution in [1.82, 2.24) is 0 Å². The summed E-state index contributed by atoms with van der Waals surface area (Å²) in [4.78, 5) is 24.7. The lowest BCUT2D eigenvalue weighted by Crippen LogP contribution is -2.60. The minimum absolute atomic E-state index is 0.141. The van der Waals surface area contributed by atoms with Crippen LogP contribution in [0.5, 0.6) is 0 Å². The van der Waals surface area contributed by atoms with Gasteiger partial charge < -0.3 is 14.2 Å². The number of carbonyl (C=O) groups is 2. The molecule has 126 valence electrons. The van der Waals surface area contributed by atoms with Crippen LogP contribution in [0.1, 0.15) is 51.4 Å². The van der Waals surface area contributed by atoms with E-state index in [1.165, 1.54) is 6.08 Å². The number of rotatable bonds is 4. The van der Waals surface area contributed by atoms with Gasteiger partial charge in [-0.1, -0.05) is 6.58 Å². The normalized spacial score (nSPS) is 44.1. The molecule has 0 aromatic heterocycles. The summed E-state index contributed by atoms with van der Waals surface area (Å²) in [6.07, 6.45) is 7.77. The molecular formula is C18H24O5. The van der Waals surface area contributed by atoms with Crippen LogP contribution in [0, 0.1) is 17.3 Å². The van der Waals surface area contributed by atoms with Crippen molar-refractivity contribution >= 4 is 11.9 Å². The smallest absolute Gasteiger partial charge is 0.330 e. The van der Waals surface area contributed by atoms with Crippen molar-refractivity contribution in [2.75, 3.05) is 6.61 Å². The molecule has 5 nitrogen and oxygen atoms in total. The largest absolute Gasteiger partial charge is 0.456 e. The fraction of sp³-hybridized carbons (Fsp3) is 0.778. The Balaban J connectivity index is 1.55. The molecule has 3 unspecified atom stereocenters. The maximum atomic E-state index is 12.9. The molecule has 1 heterocycles. The van der Waals surface area contributed by atoms with Crippen LogP contribution in [0.2, 0.25) is 0 Å². The summed E-state index contributed by atoms with van der Waals surface area (Å²) < 4.78 is 16.9. The Morgan fingerprint density at radius 1 is 1.17 bits per heavy atom. The predicted octanol–water partition coefficient (Wildman–Crippen LogP) is 2.73. The summed E-state index contributed by atoms with van der Waals surface area (Å²) in [6, 6.07) is 0. The van der Waals surface area contributed by atoms with Gasteiger partial charge in [0.1, 0.15) is 5.60 Å². The monoisotopic (exact) mass is 320 g/mol. The van der Waals surface area contributed by atoms with E-state index < -0.39 is 11.0 Å². The molecule has 1 aliphatic heterocycles. The van der Waals surface area contributed by atoms with Gasteiger partial charge in [0.05, 0.1) is 12.0 Å². The van der Waals surface area contributed by atoms with Crippen LogP contribution in [0.25, 0.3) is 0 Å². The molecule has 5 fully saturated rings. The second-order valence-corrected chi connectivity index (χ2v) is 7.90. The van der Waals surface area contributed by atoms with Crippen LogP contribution >= 0.6 is 0 Å². The van der Waals surface area contributed by atoms with E-state index in [-0.39, 0.29) is 18.2 Å². The van der Waals surface area contributed by atoms with Crippen molar-refractivity contribution in [2.45, 2.75) is 63.3 Å². The standard InChI is InChI=1S/C18H24O5/c1-2-14(19)23-18-9-12-6-13(10-18)8-17(7-12,11-18)16(20)22-15-4-3-5-21-15/h2,12-13,15H,1,3-11H2. The Kier molecular flexibility index (Phi) is 3.52. The zero-order valence-electron chi connectivity index (χ0n) is 13.4. The van der Waals surface area contributed by atoms with Crippen LogP contribution in [0.4, 0.5) is 0 Å². The topological polar surface area (TPSA) is 61.8 Å². The van der Waals surface area contributed by atoms with Crippen molar-refractivity contribution < 1.29 is 23.8 Å². The zero-order valence-corrected chi connectivity index (χ0v) is 13.4. The molecule has 5 aliphatic rings. The minimum atomic E-state index is -0.495. The van der Waals surface area contributed by atoms with Crippen molar-refractivity contribution in [3.05, 3.63) is 12.7 Å². The first kappa shape index (κ1) is 15.2. The van der Waals surface area contributed by atoms with Crippen LogP contribution < -0.4 is 0 Å². The van der Waals surface area contributed by atoms with E-state index in [4.69, 9.17) is 14.2 Å². The Hall–Kier alpha value is -1.36. The second-order valence-electron chi connectivity index (χ2n) is 7.90. The molecule has 4 saturated carbocycles. The van der Waals surface area contributed by atoms with Gasteiger partial charge in [-0.25, -0.2) is 4.79 Å². The van der Waals surface area contributed by atoms with Crippen molar-refractivity contribution in [1.29, 1.82) is 0 Å². The van der Waals surface area contributed by atoms with Crippen molar-refractivity contribution in [2.24, 2.45) is 17.3 Å². The summed E-state index contributed by atoms with van der Waals surface area (Å²) in [5.41, 5.74) is -0.984. The van der Waals surface area contributed by atoms with E-state index in [2.05, 4.69) is 6.58 Å². The Bertz CT molecular complexity index is 520. The number of esters is 2. The quantitative estimate of drug-likeness (QED) is 0.589. The fourth-order valence-corrected chi connectivity index (χ4v) is 5.68. The van der Waals surface area contributed by atoms with E-state index >= 15 is 0 Å². The molecule has 23 heavy (non-hydrogen) atoms. The third kappa shape index (κ3) is 2.59. The van der Waals surface area contributed by atoms with E-state index in [1.807, 2.05) is 0 Å². The van der Waals surface area contributed by atoms with Crippen LogP contribution in [0.15, 0.2) is 12.7 Å². The Morgan fingerprint density at radius 3 is 2.52 bits per heavy atom. The number of ether oxygens (including phenoxy) is 3. The van der Waals surface area contributed by atoms with Gasteiger partial charge in [0.2, 0.25) is 6.29 Å². The second kappa shape index (κ2) is 5.33. The lowest BCUT2D eigenvalue weighted by Gasteiger charge is -2.59. The molecule has 0 N–H and O–H groups in total. The van der Waals surface area contributed by atoms with Crippen molar-refractivity contribution in [3.63, 3.8) is 0 Å². The molecule has 0 radical (unpaired) electrons. The third-order valence-electron chi connectivity index (χ3n) is 6.05. The molecule has 4 bridgehead atoms. The molecular weight excluding hydrogens is 296 g/mol. The maximum absolute atomic E-state index is 12.9. The molecule has 3 atom stereocenters. The highest BCUT2D eigenvalue weighted by Gasteiger charge is 2.63. The van der Waals surface area contributed by atoms with Gasteiger partial charge in [0.25, 0.3) is 0 Å². The third-order valence-corrected chi connectivity index (χ3v) is 6.05. The average molecular weight is 320 g/mol. The lowest BCUT2D eigenvalue weighted by atomic mass is 9.48. The number of carbonyl (C=O) groups excluding carboxylic acids is 2. The van der Waals surface area contributed by atoms with Crippen molar-refractivity contribution in [3.8, 4) is 0 Å². The van der Waals surface area contributed by atoms with Gasteiger partial charge >= 0.3 is 11.9 Å². The zero-order chi connectivity index (χ0) is 16.1. The highest BCUT2D eigenvalue weighted by molar-refractivity contribution is 5.82. The van der Waals surface area contributed by atoms with E-state index in [0.717, 1.165) is 44.9 Å². The first-order valence-electron chi connectivity index (χ1n) is 8.71. The van der Waals surface area contributed by atoms with E-state index in [0.29, 0.717) is 24.9 Å². The van der Waals surface area contributed by atoms with E-state index in [1.54, 1.807) is 0 Å². The molecule has 0 aromatic rings. The van der Waals surface area contributed by atoms with Gasteiger partial charge in [-0.15, -0.1) is 0 Å². The summed E-state index contributed by atoms with van der Waals surface area (Å²) >= 11 is 0. The van der Waals surface area contributed by atoms with Gasteiger partial charge in [0, 0.05) is 18.9 Å². The summed E-state index contributed by atoms with van der Waals surface area (Å²) in [6.45, 7) is 4.16. The van der Waals surface area contributed by atoms with Gasteiger partial charge in [-0.05, 0) is 50.4 Å². The van der Waals surface area contributed by atoms with Gasteiger partial charge in [-0.2, -0.15) is 0 Å². The van der Waals surface area contributed by atoms with Crippen LogP contribution in [-0.2, 0) is 23.8 Å². The molecule has 0 aromatic carbocycles. The highest BCUT2D eigenvalue weighted by atomic mass is 16.7. The Labute approximate surface area is 136 Å². The van der Waals surface area contributed by atoms with Gasteiger partial charge in [-0.3, -0.25) is 4.79 Å². The summed E-state index contributed by atoms with van der Waals surface area (Å²) in [7, 11) is 0. The maximum Gasteiger partial charge on any atom is 0.330 e. The Morgan fingerprint density at radius 2 is 1.91 bits per heavy atom. The minimum Gasteiger partial charge on any atom is -0.456 e. The summed E-state index contributed by atoms with van der Waals surface area (Å²) in [5, 5.41) is 0. The predicted molar refractivity (Wildman–Crippen MR) is 81.2 cm³/mol. The van der Waals surface area contributed by atoms with Crippen LogP contribution in [-0.4, -0.2) is 30.4 Å². The molecule has 0 spiro atoms. The lowest BCUT2D eigenvalue weighted by molar-refractivity contribution is -0.220. The SMILES string of the molecule is C=CC(=O)OC12CC3CC(C1)CC(C(=O)OC1CCCO1)(C3)C2. The molecule has 4 aliphatic carbocycles. The first-order chi connectivity index (χ1) is 11.0. The fourth-order valence-electron chi connectivity index (χ4n) is 5.68. The van der Waals surface area contributed by atoms with Crippen LogP contribution in [0.3, 0.4) is 0 Å². The molecule has 5 heteroatoms. The highest BCUT2D eigenvalue weighted by Crippen LogP contribution is 2.63. The van der Waals surface area contributed by atoms with Gasteiger partial charge in [0.15, 0.2) is 0 Å².